The van der Waals surface area contributed by atoms with Crippen molar-refractivity contribution in [3.8, 4) is 0 Å². The van der Waals surface area contributed by atoms with Gasteiger partial charge in [0.05, 0.1) is 22.3 Å². The minimum absolute atomic E-state index is 0.0163. The van der Waals surface area contributed by atoms with E-state index in [2.05, 4.69) is 81.4 Å². The Morgan fingerprint density at radius 3 is 1.16 bits per heavy atom. The molecular formula is C66H78O12Si. The van der Waals surface area contributed by atoms with E-state index in [1.165, 1.54) is 23.2 Å². The molecule has 0 radical (unpaired) electrons. The summed E-state index contributed by atoms with van der Waals surface area (Å²) in [5.74, 6) is -2.92. The Morgan fingerprint density at radius 2 is 0.747 bits per heavy atom. The van der Waals surface area contributed by atoms with Gasteiger partial charge in [-0.2, -0.15) is 0 Å². The van der Waals surface area contributed by atoms with E-state index in [1.807, 2.05) is 0 Å². The summed E-state index contributed by atoms with van der Waals surface area (Å²) in [6.07, 6.45) is 5.43. The lowest BCUT2D eigenvalue weighted by Crippen LogP contribution is -2.66. The Labute approximate surface area is 468 Å². The van der Waals surface area contributed by atoms with Gasteiger partial charge in [-0.25, -0.2) is 19.2 Å². The van der Waals surface area contributed by atoms with Gasteiger partial charge in [0, 0.05) is 26.4 Å². The smallest absolute Gasteiger partial charge is 0.338 e. The fourth-order valence-electron chi connectivity index (χ4n) is 9.98. The Bertz CT molecular complexity index is 2670. The molecule has 0 N–H and O–H groups in total. The summed E-state index contributed by atoms with van der Waals surface area (Å²) >= 11 is 0. The molecule has 0 bridgehead atoms. The predicted molar refractivity (Wildman–Crippen MR) is 308 cm³/mol. The third-order valence-corrected chi connectivity index (χ3v) is 19.2. The maximum absolute atomic E-state index is 13.9. The van der Waals surface area contributed by atoms with Gasteiger partial charge in [0.1, 0.15) is 12.7 Å². The maximum Gasteiger partial charge on any atom is 0.338 e. The number of carbonyl (C=O) groups is 4. The number of esters is 4. The lowest BCUT2D eigenvalue weighted by molar-refractivity contribution is -0.298. The molecule has 5 atom stereocenters. The normalized spacial score (nSPS) is 17.3. The first kappa shape index (κ1) is 59.9. The Hall–Kier alpha value is -6.74. The van der Waals surface area contributed by atoms with E-state index in [0.29, 0.717) is 12.0 Å². The summed E-state index contributed by atoms with van der Waals surface area (Å²) in [6, 6.07) is 55.0. The summed E-state index contributed by atoms with van der Waals surface area (Å²) in [5, 5.41) is 2.63. The van der Waals surface area contributed by atoms with Crippen molar-refractivity contribution in [2.75, 3.05) is 33.0 Å². The fraction of sp³-hybridized carbons (Fsp3) is 0.394. The van der Waals surface area contributed by atoms with Gasteiger partial charge in [-0.3, -0.25) is 0 Å². The van der Waals surface area contributed by atoms with E-state index in [1.54, 1.807) is 121 Å². The molecule has 6 aromatic rings. The third-order valence-electron chi connectivity index (χ3n) is 14.1. The van der Waals surface area contributed by atoms with Crippen LogP contribution in [0, 0.1) is 0 Å². The van der Waals surface area contributed by atoms with E-state index in [9.17, 15) is 19.2 Å². The second-order valence-electron chi connectivity index (χ2n) is 21.0. The number of unbranched alkanes of at least 4 members (excludes halogenated alkanes) is 10. The molecule has 0 spiro atoms. The molecule has 1 fully saturated rings. The highest BCUT2D eigenvalue weighted by atomic mass is 28.4. The number of ether oxygens (including phenoxy) is 7. The lowest BCUT2D eigenvalue weighted by atomic mass is 9.97. The van der Waals surface area contributed by atoms with Crippen LogP contribution in [0.2, 0.25) is 5.04 Å². The van der Waals surface area contributed by atoms with Crippen molar-refractivity contribution >= 4 is 42.6 Å². The summed E-state index contributed by atoms with van der Waals surface area (Å²) in [7, 11) is -2.49. The quantitative estimate of drug-likeness (QED) is 0.0177. The van der Waals surface area contributed by atoms with Gasteiger partial charge in [-0.15, -0.1) is 0 Å². The van der Waals surface area contributed by atoms with Gasteiger partial charge >= 0.3 is 23.9 Å². The Morgan fingerprint density at radius 1 is 0.405 bits per heavy atom. The molecule has 13 heteroatoms. The molecule has 0 saturated carbocycles. The van der Waals surface area contributed by atoms with Crippen LogP contribution in [0.3, 0.4) is 0 Å². The van der Waals surface area contributed by atoms with Crippen LogP contribution in [0.1, 0.15) is 139 Å². The molecule has 0 unspecified atom stereocenters. The van der Waals surface area contributed by atoms with E-state index < -0.39 is 69.5 Å². The van der Waals surface area contributed by atoms with Crippen LogP contribution in [0.25, 0.3) is 0 Å². The van der Waals surface area contributed by atoms with Gasteiger partial charge < -0.3 is 37.6 Å². The zero-order valence-corrected chi connectivity index (χ0v) is 47.1. The Kier molecular flexibility index (Phi) is 24.1. The molecule has 12 nitrogen and oxygen atoms in total. The molecule has 1 aliphatic rings. The van der Waals surface area contributed by atoms with Crippen LogP contribution in [-0.4, -0.2) is 95.9 Å². The zero-order valence-electron chi connectivity index (χ0n) is 46.1. The molecule has 418 valence electrons. The van der Waals surface area contributed by atoms with Crippen molar-refractivity contribution in [3.05, 3.63) is 204 Å². The van der Waals surface area contributed by atoms with Crippen LogP contribution < -0.4 is 10.4 Å². The minimum atomic E-state index is -2.49. The molecule has 1 saturated heterocycles. The second-order valence-corrected chi connectivity index (χ2v) is 25.3. The molecule has 0 aliphatic carbocycles. The van der Waals surface area contributed by atoms with Gasteiger partial charge in [0.2, 0.25) is 0 Å². The third kappa shape index (κ3) is 17.9. The average molecular weight is 1090 g/mol. The standard InChI is InChI=1S/C66H78O12Si/c1-66(2,3)79(55-42-26-16-27-43-55,56-44-28-17-29-45-56)74-49-33-11-7-5-9-31-47-71-46-30-8-4-6-10-32-48-72-65-60(78-64(70)54-40-24-15-25-41-54)59(77-63(69)53-38-22-14-23-39-53)58(76-62(68)52-36-20-13-21-37-52)57(75-65)50-73-61(67)51-34-18-12-19-35-51/h12-29,34-45,57-60,65H,4-11,30-33,46-50H2,1-3H3/t57-,58-,59+,60-,65-/m1/s1. The Balaban J connectivity index is 0.869. The van der Waals surface area contributed by atoms with Crippen LogP contribution in [-0.2, 0) is 37.6 Å². The topological polar surface area (TPSA) is 142 Å². The monoisotopic (exact) mass is 1090 g/mol. The highest BCUT2D eigenvalue weighted by molar-refractivity contribution is 6.99. The number of carbonyl (C=O) groups excluding carboxylic acids is 4. The molecule has 1 heterocycles. The summed E-state index contributed by atoms with van der Waals surface area (Å²) < 4.78 is 50.2. The summed E-state index contributed by atoms with van der Waals surface area (Å²) in [5.41, 5.74) is 0.939. The average Bonchev–Trinajstić information content (AvgIpc) is 3.67. The number of hydrogen-bond donors (Lipinski definition) is 0. The fourth-order valence-corrected chi connectivity index (χ4v) is 14.6. The molecule has 6 aromatic carbocycles. The molecule has 0 amide bonds. The predicted octanol–water partition coefficient (Wildman–Crippen LogP) is 12.5. The van der Waals surface area contributed by atoms with Crippen LogP contribution >= 0.6 is 0 Å². The minimum Gasteiger partial charge on any atom is -0.459 e. The summed E-state index contributed by atoms with van der Waals surface area (Å²) in [4.78, 5) is 54.9. The van der Waals surface area contributed by atoms with Crippen LogP contribution in [0.4, 0.5) is 0 Å². The van der Waals surface area contributed by atoms with Crippen molar-refractivity contribution < 1.29 is 56.8 Å². The number of rotatable bonds is 31. The largest absolute Gasteiger partial charge is 0.459 e. The van der Waals surface area contributed by atoms with Crippen LogP contribution in [0.5, 0.6) is 0 Å². The van der Waals surface area contributed by atoms with Crippen LogP contribution in [0.15, 0.2) is 182 Å². The second kappa shape index (κ2) is 31.7. The first-order valence-electron chi connectivity index (χ1n) is 28.2. The van der Waals surface area contributed by atoms with Gasteiger partial charge in [0.15, 0.2) is 24.6 Å². The van der Waals surface area contributed by atoms with Gasteiger partial charge in [-0.1, -0.05) is 206 Å². The summed E-state index contributed by atoms with van der Waals surface area (Å²) in [6.45, 7) is 9.03. The lowest BCUT2D eigenvalue weighted by Gasteiger charge is -2.44. The van der Waals surface area contributed by atoms with Gasteiger partial charge in [-0.05, 0) is 89.6 Å². The number of benzene rings is 6. The van der Waals surface area contributed by atoms with E-state index in [-0.39, 0.29) is 28.3 Å². The SMILES string of the molecule is CC(C)(C)[Si](OCCCCCCCCOCCCCCCCCO[C@@H]1O[C@H](COC(=O)c2ccccc2)[C@@H](OC(=O)c2ccccc2)[C@H](OC(=O)c2ccccc2)[C@H]1OC(=O)c1ccccc1)(c1ccccc1)c1ccccc1. The van der Waals surface area contributed by atoms with E-state index in [4.69, 9.17) is 37.6 Å². The van der Waals surface area contributed by atoms with Crippen molar-refractivity contribution in [1.82, 2.24) is 0 Å². The van der Waals surface area contributed by atoms with Crippen molar-refractivity contribution in [3.63, 3.8) is 0 Å². The number of hydrogen-bond acceptors (Lipinski definition) is 12. The first-order chi connectivity index (χ1) is 38.5. The van der Waals surface area contributed by atoms with E-state index in [0.717, 1.165) is 77.6 Å². The van der Waals surface area contributed by atoms with Crippen molar-refractivity contribution in [2.45, 2.75) is 134 Å². The maximum atomic E-state index is 13.9. The molecule has 0 aromatic heterocycles. The van der Waals surface area contributed by atoms with Crippen molar-refractivity contribution in [2.24, 2.45) is 0 Å². The molecule has 1 aliphatic heterocycles. The first-order valence-corrected chi connectivity index (χ1v) is 30.1. The van der Waals surface area contributed by atoms with E-state index >= 15 is 0 Å². The molecule has 79 heavy (non-hydrogen) atoms. The highest BCUT2D eigenvalue weighted by Crippen LogP contribution is 2.37. The molecule has 7 rings (SSSR count). The highest BCUT2D eigenvalue weighted by Gasteiger charge is 2.54. The van der Waals surface area contributed by atoms with Gasteiger partial charge in [0.25, 0.3) is 8.32 Å². The molecular weight excluding hydrogens is 1010 g/mol. The zero-order chi connectivity index (χ0) is 55.6. The van der Waals surface area contributed by atoms with Crippen molar-refractivity contribution in [1.29, 1.82) is 0 Å².